The predicted octanol–water partition coefficient (Wildman–Crippen LogP) is 4.21. The van der Waals surface area contributed by atoms with E-state index in [-0.39, 0.29) is 12.3 Å². The van der Waals surface area contributed by atoms with E-state index >= 15 is 0 Å². The van der Waals surface area contributed by atoms with E-state index in [9.17, 15) is 0 Å². The second-order valence-electron chi connectivity index (χ2n) is 6.30. The molecular formula is C19H20N2O. The Balaban J connectivity index is 1.76. The zero-order valence-corrected chi connectivity index (χ0v) is 12.9. The Morgan fingerprint density at radius 3 is 2.55 bits per heavy atom. The first-order valence-electron chi connectivity index (χ1n) is 7.91. The van der Waals surface area contributed by atoms with Crippen LogP contribution in [0.25, 0.3) is 0 Å². The van der Waals surface area contributed by atoms with E-state index in [2.05, 4.69) is 61.3 Å². The van der Waals surface area contributed by atoms with E-state index in [1.54, 1.807) is 0 Å². The van der Waals surface area contributed by atoms with Crippen molar-refractivity contribution in [2.75, 3.05) is 0 Å². The summed E-state index contributed by atoms with van der Waals surface area (Å²) in [6.07, 6.45) is 0.939. The Kier molecular flexibility index (Phi) is 3.14. The van der Waals surface area contributed by atoms with E-state index in [4.69, 9.17) is 9.84 Å². The molecule has 0 aromatic heterocycles. The topological polar surface area (TPSA) is 24.8 Å². The van der Waals surface area contributed by atoms with Crippen LogP contribution < -0.4 is 4.74 Å². The first-order valence-corrected chi connectivity index (χ1v) is 7.91. The summed E-state index contributed by atoms with van der Waals surface area (Å²) in [4.78, 5) is 0. The maximum Gasteiger partial charge on any atom is 0.190 e. The second-order valence-corrected chi connectivity index (χ2v) is 6.30. The van der Waals surface area contributed by atoms with E-state index < -0.39 is 0 Å². The largest absolute Gasteiger partial charge is 0.468 e. The lowest BCUT2D eigenvalue weighted by Gasteiger charge is -2.39. The summed E-state index contributed by atoms with van der Waals surface area (Å²) in [7, 11) is 0. The second kappa shape index (κ2) is 5.16. The molecule has 4 rings (SSSR count). The molecule has 0 aliphatic carbocycles. The van der Waals surface area contributed by atoms with Crippen LogP contribution in [0.4, 0.5) is 0 Å². The van der Waals surface area contributed by atoms with Gasteiger partial charge in [-0.3, -0.25) is 0 Å². The first kappa shape index (κ1) is 13.4. The van der Waals surface area contributed by atoms with Gasteiger partial charge in [-0.1, -0.05) is 62.4 Å². The molecule has 0 saturated carbocycles. The molecule has 2 aliphatic heterocycles. The van der Waals surface area contributed by atoms with Crippen LogP contribution in [0.3, 0.4) is 0 Å². The molecule has 112 valence electrons. The van der Waals surface area contributed by atoms with Gasteiger partial charge in [-0.15, -0.1) is 0 Å². The molecule has 2 unspecified atom stereocenters. The van der Waals surface area contributed by atoms with Gasteiger partial charge >= 0.3 is 0 Å². The third-order valence-corrected chi connectivity index (χ3v) is 4.41. The highest BCUT2D eigenvalue weighted by Crippen LogP contribution is 2.44. The normalized spacial score (nSPS) is 22.9. The molecule has 2 aliphatic rings. The minimum Gasteiger partial charge on any atom is -0.468 e. The van der Waals surface area contributed by atoms with Gasteiger partial charge in [0, 0.05) is 17.9 Å². The number of fused-ring (bicyclic) bond motifs is 3. The number of ether oxygens (including phenoxy) is 1. The van der Waals surface area contributed by atoms with Gasteiger partial charge in [0.1, 0.15) is 5.75 Å². The van der Waals surface area contributed by atoms with Crippen LogP contribution >= 0.6 is 0 Å². The van der Waals surface area contributed by atoms with Gasteiger partial charge in [0.15, 0.2) is 6.23 Å². The molecule has 0 amide bonds. The molecule has 0 spiro atoms. The Labute approximate surface area is 131 Å². The first-order chi connectivity index (χ1) is 10.7. The maximum absolute atomic E-state index is 6.21. The van der Waals surface area contributed by atoms with Gasteiger partial charge in [-0.05, 0) is 11.6 Å². The molecule has 3 heteroatoms. The summed E-state index contributed by atoms with van der Waals surface area (Å²) in [6, 6.07) is 19.1. The highest BCUT2D eigenvalue weighted by atomic mass is 16.5. The van der Waals surface area contributed by atoms with Crippen molar-refractivity contribution in [1.82, 2.24) is 5.01 Å². The molecule has 0 radical (unpaired) electrons. The fourth-order valence-electron chi connectivity index (χ4n) is 3.31. The molecule has 2 aromatic rings. The van der Waals surface area contributed by atoms with Gasteiger partial charge in [0.05, 0.1) is 11.8 Å². The average molecular weight is 292 g/mol. The Morgan fingerprint density at radius 2 is 1.77 bits per heavy atom. The van der Waals surface area contributed by atoms with Crippen LogP contribution in [-0.4, -0.2) is 16.9 Å². The Hall–Kier alpha value is -2.29. The van der Waals surface area contributed by atoms with Crippen LogP contribution in [0.5, 0.6) is 5.75 Å². The molecular weight excluding hydrogens is 272 g/mol. The number of hydrogen-bond acceptors (Lipinski definition) is 3. The van der Waals surface area contributed by atoms with Gasteiger partial charge in [-0.2, -0.15) is 5.10 Å². The smallest absolute Gasteiger partial charge is 0.190 e. The summed E-state index contributed by atoms with van der Waals surface area (Å²) < 4.78 is 6.21. The van der Waals surface area contributed by atoms with Crippen molar-refractivity contribution in [3.8, 4) is 5.75 Å². The van der Waals surface area contributed by atoms with E-state index in [1.807, 2.05) is 12.1 Å². The minimum atomic E-state index is 0.00103. The number of rotatable bonds is 2. The standard InChI is InChI=1S/C19H20N2O/c1-13(2)19-21-17(15-10-6-7-11-18(15)22-19)12-16(20-21)14-8-4-3-5-9-14/h3-11,13,17,19H,12H2,1-2H3. The fourth-order valence-corrected chi connectivity index (χ4v) is 3.31. The number of hydrogen-bond donors (Lipinski definition) is 0. The quantitative estimate of drug-likeness (QED) is 0.828. The molecule has 0 fully saturated rings. The fraction of sp³-hybridized carbons (Fsp3) is 0.316. The lowest BCUT2D eigenvalue weighted by Crippen LogP contribution is -2.43. The molecule has 2 atom stereocenters. The van der Waals surface area contributed by atoms with Crippen LogP contribution in [0, 0.1) is 5.92 Å². The number of benzene rings is 2. The zero-order valence-electron chi connectivity index (χ0n) is 12.9. The van der Waals surface area contributed by atoms with Gasteiger partial charge in [0.2, 0.25) is 0 Å². The van der Waals surface area contributed by atoms with Crippen LogP contribution in [-0.2, 0) is 0 Å². The highest BCUT2D eigenvalue weighted by molar-refractivity contribution is 6.01. The molecule has 2 aromatic carbocycles. The summed E-state index contributed by atoms with van der Waals surface area (Å²) in [6.45, 7) is 4.37. The third-order valence-electron chi connectivity index (χ3n) is 4.41. The average Bonchev–Trinajstić information content (AvgIpc) is 3.00. The molecule has 3 nitrogen and oxygen atoms in total. The molecule has 0 N–H and O–H groups in total. The van der Waals surface area contributed by atoms with Crippen LogP contribution in [0.2, 0.25) is 0 Å². The Bertz CT molecular complexity index is 708. The lowest BCUT2D eigenvalue weighted by molar-refractivity contribution is -0.0461. The summed E-state index contributed by atoms with van der Waals surface area (Å²) in [5.41, 5.74) is 3.60. The van der Waals surface area contributed by atoms with Gasteiger partial charge in [0.25, 0.3) is 0 Å². The number of nitrogens with zero attached hydrogens (tertiary/aromatic N) is 2. The molecule has 0 bridgehead atoms. The highest BCUT2D eigenvalue weighted by Gasteiger charge is 2.41. The van der Waals surface area contributed by atoms with Crippen molar-refractivity contribution in [3.63, 3.8) is 0 Å². The van der Waals surface area contributed by atoms with Crippen molar-refractivity contribution in [1.29, 1.82) is 0 Å². The van der Waals surface area contributed by atoms with Crippen molar-refractivity contribution >= 4 is 5.71 Å². The molecule has 22 heavy (non-hydrogen) atoms. The van der Waals surface area contributed by atoms with Crippen molar-refractivity contribution in [2.24, 2.45) is 11.0 Å². The molecule has 0 saturated heterocycles. The van der Waals surface area contributed by atoms with Crippen molar-refractivity contribution in [2.45, 2.75) is 32.5 Å². The summed E-state index contributed by atoms with van der Waals surface area (Å²) in [5, 5.41) is 7.07. The van der Waals surface area contributed by atoms with E-state index in [1.165, 1.54) is 11.1 Å². The maximum atomic E-state index is 6.21. The van der Waals surface area contributed by atoms with E-state index in [0.29, 0.717) is 5.92 Å². The monoisotopic (exact) mass is 292 g/mol. The van der Waals surface area contributed by atoms with Gasteiger partial charge < -0.3 is 4.74 Å². The third kappa shape index (κ3) is 2.08. The van der Waals surface area contributed by atoms with Crippen LogP contribution in [0.15, 0.2) is 59.7 Å². The SMILES string of the molecule is CC(C)C1Oc2ccccc2C2CC(c3ccccc3)=NN21. The van der Waals surface area contributed by atoms with Crippen molar-refractivity contribution in [3.05, 3.63) is 65.7 Å². The Morgan fingerprint density at radius 1 is 1.05 bits per heavy atom. The number of para-hydroxylation sites is 1. The van der Waals surface area contributed by atoms with E-state index in [0.717, 1.165) is 17.9 Å². The van der Waals surface area contributed by atoms with Gasteiger partial charge in [-0.25, -0.2) is 5.01 Å². The summed E-state index contributed by atoms with van der Waals surface area (Å²) >= 11 is 0. The summed E-state index contributed by atoms with van der Waals surface area (Å²) in [5.74, 6) is 1.39. The lowest BCUT2D eigenvalue weighted by atomic mass is 9.95. The zero-order chi connectivity index (χ0) is 15.1. The predicted molar refractivity (Wildman–Crippen MR) is 87.9 cm³/mol. The van der Waals surface area contributed by atoms with Crippen molar-refractivity contribution < 1.29 is 4.74 Å². The minimum absolute atomic E-state index is 0.00103. The number of hydrazone groups is 1. The van der Waals surface area contributed by atoms with Crippen LogP contribution in [0.1, 0.15) is 37.4 Å². The molecule has 2 heterocycles.